The van der Waals surface area contributed by atoms with Crippen molar-refractivity contribution < 1.29 is 33.3 Å². The van der Waals surface area contributed by atoms with Gasteiger partial charge in [-0.25, -0.2) is 4.79 Å². The lowest BCUT2D eigenvalue weighted by molar-refractivity contribution is -0.134. The van der Waals surface area contributed by atoms with Gasteiger partial charge in [0.15, 0.2) is 0 Å². The zero-order valence-corrected chi connectivity index (χ0v) is 22.1. The van der Waals surface area contributed by atoms with Crippen molar-refractivity contribution in [3.63, 3.8) is 0 Å². The Morgan fingerprint density at radius 2 is 1.74 bits per heavy atom. The topological polar surface area (TPSA) is 116 Å². The number of carbonyl (C=O) groups is 3. The maximum atomic E-state index is 12.2. The molecule has 1 aromatic heterocycles. The van der Waals surface area contributed by atoms with Crippen LogP contribution in [-0.4, -0.2) is 72.9 Å². The largest absolute Gasteiger partial charge is 0.491 e. The summed E-state index contributed by atoms with van der Waals surface area (Å²) in [5, 5.41) is 2.38. The monoisotopic (exact) mass is 525 g/mol. The van der Waals surface area contributed by atoms with E-state index in [0.717, 1.165) is 16.9 Å². The van der Waals surface area contributed by atoms with E-state index >= 15 is 0 Å². The first-order valence-corrected chi connectivity index (χ1v) is 12.9. The first kappa shape index (κ1) is 27.4. The van der Waals surface area contributed by atoms with E-state index in [-0.39, 0.29) is 29.7 Å². The van der Waals surface area contributed by atoms with Crippen LogP contribution in [0.25, 0.3) is 0 Å². The van der Waals surface area contributed by atoms with Crippen molar-refractivity contribution in [2.45, 2.75) is 51.0 Å². The van der Waals surface area contributed by atoms with Gasteiger partial charge in [-0.3, -0.25) is 19.9 Å². The maximum Gasteiger partial charge on any atom is 0.410 e. The average Bonchev–Trinajstić information content (AvgIpc) is 2.83. The van der Waals surface area contributed by atoms with Gasteiger partial charge in [0, 0.05) is 43.4 Å². The molecule has 2 saturated heterocycles. The number of likely N-dealkylation sites (tertiary alicyclic amines) is 1. The normalized spacial score (nSPS) is 18.0. The number of rotatable bonds is 10. The molecule has 10 nitrogen and oxygen atoms in total. The Labute approximate surface area is 222 Å². The summed E-state index contributed by atoms with van der Waals surface area (Å²) in [6, 6.07) is 9.17. The lowest BCUT2D eigenvalue weighted by Crippen LogP contribution is -2.50. The Hall–Kier alpha value is -3.66. The molecule has 3 heterocycles. The molecule has 10 heteroatoms. The first-order valence-electron chi connectivity index (χ1n) is 12.9. The van der Waals surface area contributed by atoms with Crippen molar-refractivity contribution in [1.29, 1.82) is 0 Å². The van der Waals surface area contributed by atoms with Crippen LogP contribution in [0.15, 0.2) is 42.7 Å². The lowest BCUT2D eigenvalue weighted by Gasteiger charge is -2.40. The minimum absolute atomic E-state index is 0.155. The van der Waals surface area contributed by atoms with Crippen molar-refractivity contribution in [3.05, 3.63) is 53.9 Å². The number of nitrogens with zero attached hydrogens (tertiary/aromatic N) is 2. The third-order valence-corrected chi connectivity index (χ3v) is 6.29. The SMILES string of the molecule is CC(C)(C)OC(=O)N1CC(c2cnccc2OCCOCCOc2ccc(C3CCC(=O)NC3=O)cc2)C1. The van der Waals surface area contributed by atoms with E-state index in [1.807, 2.05) is 51.1 Å². The smallest absolute Gasteiger partial charge is 0.410 e. The molecule has 0 aliphatic carbocycles. The minimum Gasteiger partial charge on any atom is -0.491 e. The number of benzene rings is 1. The van der Waals surface area contributed by atoms with Crippen molar-refractivity contribution in [2.24, 2.45) is 0 Å². The number of pyridine rings is 1. The number of ether oxygens (including phenoxy) is 4. The molecule has 1 N–H and O–H groups in total. The highest BCUT2D eigenvalue weighted by molar-refractivity contribution is 6.00. The van der Waals surface area contributed by atoms with E-state index in [4.69, 9.17) is 18.9 Å². The summed E-state index contributed by atoms with van der Waals surface area (Å²) in [5.74, 6) is 0.803. The fourth-order valence-electron chi connectivity index (χ4n) is 4.32. The van der Waals surface area contributed by atoms with Gasteiger partial charge in [-0.15, -0.1) is 0 Å². The molecule has 204 valence electrons. The van der Waals surface area contributed by atoms with Crippen molar-refractivity contribution in [1.82, 2.24) is 15.2 Å². The van der Waals surface area contributed by atoms with E-state index in [2.05, 4.69) is 10.3 Å². The van der Waals surface area contributed by atoms with Crippen LogP contribution in [0.1, 0.15) is 56.6 Å². The van der Waals surface area contributed by atoms with E-state index in [1.165, 1.54) is 0 Å². The maximum absolute atomic E-state index is 12.2. The molecule has 38 heavy (non-hydrogen) atoms. The van der Waals surface area contributed by atoms with Gasteiger partial charge in [0.2, 0.25) is 11.8 Å². The summed E-state index contributed by atoms with van der Waals surface area (Å²) < 4.78 is 22.7. The molecule has 2 aliphatic rings. The van der Waals surface area contributed by atoms with Crippen LogP contribution < -0.4 is 14.8 Å². The summed E-state index contributed by atoms with van der Waals surface area (Å²) >= 11 is 0. The Kier molecular flexibility index (Phi) is 8.83. The standard InChI is InChI=1S/C28H35N3O7/c1-28(2,3)38-27(34)31-17-20(18-31)23-16-29-11-10-24(23)37-15-13-35-12-14-36-21-6-4-19(5-7-21)22-8-9-25(32)30-26(22)33/h4-7,10-11,16,20,22H,8-9,12-15,17-18H2,1-3H3,(H,30,32,33). The predicted molar refractivity (Wildman–Crippen MR) is 138 cm³/mol. The Balaban J connectivity index is 1.12. The highest BCUT2D eigenvalue weighted by Gasteiger charge is 2.36. The lowest BCUT2D eigenvalue weighted by atomic mass is 9.90. The van der Waals surface area contributed by atoms with Gasteiger partial charge in [-0.2, -0.15) is 0 Å². The van der Waals surface area contributed by atoms with Crippen LogP contribution in [0.3, 0.4) is 0 Å². The highest BCUT2D eigenvalue weighted by Crippen LogP contribution is 2.33. The zero-order chi connectivity index (χ0) is 27.1. The summed E-state index contributed by atoms with van der Waals surface area (Å²) in [6.07, 6.45) is 4.04. The van der Waals surface area contributed by atoms with Gasteiger partial charge in [0.1, 0.15) is 30.3 Å². The molecule has 1 unspecified atom stereocenters. The van der Waals surface area contributed by atoms with Gasteiger partial charge in [-0.05, 0) is 51.0 Å². The van der Waals surface area contributed by atoms with Gasteiger partial charge in [-0.1, -0.05) is 12.1 Å². The summed E-state index contributed by atoms with van der Waals surface area (Å²) in [4.78, 5) is 41.4. The first-order chi connectivity index (χ1) is 18.2. The molecule has 2 aromatic rings. The Morgan fingerprint density at radius 3 is 2.42 bits per heavy atom. The predicted octanol–water partition coefficient (Wildman–Crippen LogP) is 3.41. The molecule has 2 fully saturated rings. The molecule has 1 aromatic carbocycles. The Bertz CT molecular complexity index is 1120. The number of piperidine rings is 1. The molecule has 0 bridgehead atoms. The fourth-order valence-corrected chi connectivity index (χ4v) is 4.32. The van der Waals surface area contributed by atoms with Crippen LogP contribution in [0.2, 0.25) is 0 Å². The van der Waals surface area contributed by atoms with Crippen molar-refractivity contribution >= 4 is 17.9 Å². The molecule has 2 aliphatic heterocycles. The second-order valence-corrected chi connectivity index (χ2v) is 10.4. The molecule has 4 rings (SSSR count). The van der Waals surface area contributed by atoms with Gasteiger partial charge >= 0.3 is 6.09 Å². The summed E-state index contributed by atoms with van der Waals surface area (Å²) in [6.45, 7) is 8.24. The molecule has 0 radical (unpaired) electrons. The Morgan fingerprint density at radius 1 is 1.03 bits per heavy atom. The van der Waals surface area contributed by atoms with Gasteiger partial charge in [0.05, 0.1) is 19.1 Å². The minimum atomic E-state index is -0.516. The fraction of sp³-hybridized carbons (Fsp3) is 0.500. The van der Waals surface area contributed by atoms with Crippen LogP contribution in [0, 0.1) is 0 Å². The van der Waals surface area contributed by atoms with Crippen molar-refractivity contribution in [2.75, 3.05) is 39.5 Å². The van der Waals surface area contributed by atoms with Gasteiger partial charge < -0.3 is 23.8 Å². The number of amides is 3. The van der Waals surface area contributed by atoms with Crippen LogP contribution in [0.4, 0.5) is 4.79 Å². The number of aromatic nitrogens is 1. The number of hydrogen-bond donors (Lipinski definition) is 1. The second kappa shape index (κ2) is 12.3. The van der Waals surface area contributed by atoms with Crippen molar-refractivity contribution in [3.8, 4) is 11.5 Å². The average molecular weight is 526 g/mol. The molecule has 0 saturated carbocycles. The van der Waals surface area contributed by atoms with Crippen LogP contribution >= 0.6 is 0 Å². The van der Waals surface area contributed by atoms with Gasteiger partial charge in [0.25, 0.3) is 0 Å². The van der Waals surface area contributed by atoms with Crippen LogP contribution in [-0.2, 0) is 19.1 Å². The highest BCUT2D eigenvalue weighted by atomic mass is 16.6. The summed E-state index contributed by atoms with van der Waals surface area (Å²) in [5.41, 5.74) is 1.32. The van der Waals surface area contributed by atoms with E-state index in [0.29, 0.717) is 58.1 Å². The third kappa shape index (κ3) is 7.44. The number of nitrogens with one attached hydrogen (secondary N) is 1. The number of hydrogen-bond acceptors (Lipinski definition) is 8. The van der Waals surface area contributed by atoms with E-state index in [1.54, 1.807) is 17.3 Å². The second-order valence-electron chi connectivity index (χ2n) is 10.4. The number of imide groups is 1. The van der Waals surface area contributed by atoms with E-state index in [9.17, 15) is 14.4 Å². The summed E-state index contributed by atoms with van der Waals surface area (Å²) in [7, 11) is 0. The molecule has 1 atom stereocenters. The third-order valence-electron chi connectivity index (χ3n) is 6.29. The zero-order valence-electron chi connectivity index (χ0n) is 22.1. The molecule has 0 spiro atoms. The number of carbonyl (C=O) groups excluding carboxylic acids is 3. The molecular weight excluding hydrogens is 490 g/mol. The van der Waals surface area contributed by atoms with Crippen LogP contribution in [0.5, 0.6) is 11.5 Å². The van der Waals surface area contributed by atoms with E-state index < -0.39 is 5.60 Å². The molecule has 3 amide bonds. The molecular formula is C28H35N3O7. The quantitative estimate of drug-likeness (QED) is 0.371.